The molecule has 0 bridgehead atoms. The number of aromatic hydroxyl groups is 2. The van der Waals surface area contributed by atoms with Crippen molar-refractivity contribution >= 4 is 25.3 Å². The van der Waals surface area contributed by atoms with Gasteiger partial charge in [0.1, 0.15) is 17.3 Å². The van der Waals surface area contributed by atoms with Gasteiger partial charge in [-0.15, -0.1) is 19.4 Å². The summed E-state index contributed by atoms with van der Waals surface area (Å²) in [7, 11) is 2.75. The molecule has 1 heterocycles. The molecule has 1 unspecified atom stereocenters. The molecule has 124 valence electrons. The van der Waals surface area contributed by atoms with Crippen molar-refractivity contribution in [2.24, 2.45) is 0 Å². The first kappa shape index (κ1) is 15.6. The van der Waals surface area contributed by atoms with Gasteiger partial charge in [-0.3, -0.25) is 4.57 Å². The third kappa shape index (κ3) is 2.53. The standard InChI is InChI=1S/C19H16N3O2P/c1-11-20-21-19(15-7-6-12(23)10-17(15)24)22(11)16-8-9-18(25)14-5-3-2-4-13(14)16/h2-10,23-24H,25H2,1H3. The van der Waals surface area contributed by atoms with Crippen LogP contribution in [0.25, 0.3) is 27.8 Å². The topological polar surface area (TPSA) is 71.2 Å². The minimum Gasteiger partial charge on any atom is -0.508 e. The highest BCUT2D eigenvalue weighted by atomic mass is 31.0. The molecule has 1 atom stereocenters. The molecule has 0 saturated heterocycles. The molecule has 0 spiro atoms. The fourth-order valence-corrected chi connectivity index (χ4v) is 3.38. The molecule has 0 amide bonds. The molecule has 0 saturated carbocycles. The van der Waals surface area contributed by atoms with Crippen LogP contribution in [-0.4, -0.2) is 25.0 Å². The minimum absolute atomic E-state index is 0.00171. The molecule has 0 radical (unpaired) electrons. The predicted molar refractivity (Wildman–Crippen MR) is 102 cm³/mol. The van der Waals surface area contributed by atoms with E-state index in [1.165, 1.54) is 12.1 Å². The fraction of sp³-hybridized carbons (Fsp3) is 0.0526. The van der Waals surface area contributed by atoms with E-state index in [0.717, 1.165) is 21.8 Å². The van der Waals surface area contributed by atoms with Crippen molar-refractivity contribution in [1.82, 2.24) is 14.8 Å². The first-order valence-electron chi connectivity index (χ1n) is 7.78. The Morgan fingerprint density at radius 2 is 1.68 bits per heavy atom. The van der Waals surface area contributed by atoms with Gasteiger partial charge in [0.25, 0.3) is 0 Å². The Kier molecular flexibility index (Phi) is 3.66. The molecule has 2 N–H and O–H groups in total. The minimum atomic E-state index is -0.0411. The monoisotopic (exact) mass is 349 g/mol. The highest BCUT2D eigenvalue weighted by Gasteiger charge is 2.18. The van der Waals surface area contributed by atoms with E-state index >= 15 is 0 Å². The summed E-state index contributed by atoms with van der Waals surface area (Å²) in [5.74, 6) is 1.20. The summed E-state index contributed by atoms with van der Waals surface area (Å²) < 4.78 is 1.92. The van der Waals surface area contributed by atoms with Gasteiger partial charge in [0.05, 0.1) is 11.3 Å². The molecule has 4 aromatic rings. The van der Waals surface area contributed by atoms with Gasteiger partial charge in [0, 0.05) is 11.5 Å². The normalized spacial score (nSPS) is 11.1. The van der Waals surface area contributed by atoms with Crippen LogP contribution in [-0.2, 0) is 0 Å². The maximum absolute atomic E-state index is 10.2. The summed E-state index contributed by atoms with van der Waals surface area (Å²) in [6.07, 6.45) is 0. The third-order valence-electron chi connectivity index (χ3n) is 4.22. The summed E-state index contributed by atoms with van der Waals surface area (Å²) >= 11 is 0. The third-order valence-corrected chi connectivity index (χ3v) is 4.73. The van der Waals surface area contributed by atoms with Crippen molar-refractivity contribution in [3.63, 3.8) is 0 Å². The number of hydrogen-bond donors (Lipinski definition) is 2. The van der Waals surface area contributed by atoms with E-state index in [-0.39, 0.29) is 11.5 Å². The fourth-order valence-electron chi connectivity index (χ4n) is 3.04. The van der Waals surface area contributed by atoms with Crippen LogP contribution < -0.4 is 5.30 Å². The smallest absolute Gasteiger partial charge is 0.172 e. The van der Waals surface area contributed by atoms with Crippen molar-refractivity contribution in [3.05, 3.63) is 60.4 Å². The van der Waals surface area contributed by atoms with E-state index in [2.05, 4.69) is 31.6 Å². The molecule has 0 aliphatic carbocycles. The van der Waals surface area contributed by atoms with Gasteiger partial charge < -0.3 is 10.2 Å². The lowest BCUT2D eigenvalue weighted by atomic mass is 10.1. The zero-order valence-corrected chi connectivity index (χ0v) is 14.7. The summed E-state index contributed by atoms with van der Waals surface area (Å²) in [5, 5.41) is 31.5. The van der Waals surface area contributed by atoms with Gasteiger partial charge in [-0.1, -0.05) is 30.3 Å². The summed E-state index contributed by atoms with van der Waals surface area (Å²) in [5.41, 5.74) is 1.45. The Hall–Kier alpha value is -2.91. The molecule has 5 nitrogen and oxygen atoms in total. The molecular weight excluding hydrogens is 333 g/mol. The highest BCUT2D eigenvalue weighted by molar-refractivity contribution is 7.28. The molecule has 1 aromatic heterocycles. The lowest BCUT2D eigenvalue weighted by molar-refractivity contribution is 0.451. The summed E-state index contributed by atoms with van der Waals surface area (Å²) in [4.78, 5) is 0. The molecule has 4 rings (SSSR count). The largest absolute Gasteiger partial charge is 0.508 e. The second kappa shape index (κ2) is 5.87. The Morgan fingerprint density at radius 3 is 2.44 bits per heavy atom. The van der Waals surface area contributed by atoms with Crippen molar-refractivity contribution in [1.29, 1.82) is 0 Å². The Balaban J connectivity index is 2.03. The van der Waals surface area contributed by atoms with E-state index in [1.807, 2.05) is 35.8 Å². The number of benzene rings is 3. The molecule has 3 aromatic carbocycles. The van der Waals surface area contributed by atoms with Crippen molar-refractivity contribution in [2.75, 3.05) is 0 Å². The average molecular weight is 349 g/mol. The SMILES string of the molecule is Cc1nnc(-c2ccc(O)cc2O)n1-c1ccc(P)c2ccccc12. The van der Waals surface area contributed by atoms with Gasteiger partial charge in [-0.05, 0) is 35.8 Å². The zero-order chi connectivity index (χ0) is 17.6. The first-order valence-corrected chi connectivity index (χ1v) is 8.36. The molecule has 0 fully saturated rings. The van der Waals surface area contributed by atoms with Crippen molar-refractivity contribution in [2.45, 2.75) is 6.92 Å². The van der Waals surface area contributed by atoms with Crippen LogP contribution in [0.15, 0.2) is 54.6 Å². The lowest BCUT2D eigenvalue weighted by Gasteiger charge is -2.14. The van der Waals surface area contributed by atoms with Crippen molar-refractivity contribution < 1.29 is 10.2 Å². The van der Waals surface area contributed by atoms with Gasteiger partial charge in [-0.2, -0.15) is 0 Å². The van der Waals surface area contributed by atoms with Crippen LogP contribution in [0.2, 0.25) is 0 Å². The number of aromatic nitrogens is 3. The molecule has 25 heavy (non-hydrogen) atoms. The van der Waals surface area contributed by atoms with E-state index in [9.17, 15) is 10.2 Å². The van der Waals surface area contributed by atoms with E-state index in [4.69, 9.17) is 0 Å². The van der Waals surface area contributed by atoms with Gasteiger partial charge in [0.15, 0.2) is 5.82 Å². The average Bonchev–Trinajstić information content (AvgIpc) is 2.97. The molecule has 6 heteroatoms. The maximum Gasteiger partial charge on any atom is 0.172 e. The van der Waals surface area contributed by atoms with Gasteiger partial charge >= 0.3 is 0 Å². The highest BCUT2D eigenvalue weighted by Crippen LogP contribution is 2.34. The second-order valence-corrected chi connectivity index (χ2v) is 6.45. The number of nitrogens with zero attached hydrogens (tertiary/aromatic N) is 3. The van der Waals surface area contributed by atoms with E-state index < -0.39 is 0 Å². The van der Waals surface area contributed by atoms with E-state index in [0.29, 0.717) is 17.2 Å². The van der Waals surface area contributed by atoms with Crippen LogP contribution in [0, 0.1) is 6.92 Å². The predicted octanol–water partition coefficient (Wildman–Crippen LogP) is 3.31. The Bertz CT molecular complexity index is 1110. The van der Waals surface area contributed by atoms with Crippen LogP contribution in [0.1, 0.15) is 5.82 Å². The quantitative estimate of drug-likeness (QED) is 0.545. The molecular formula is C19H16N3O2P. The second-order valence-electron chi connectivity index (χ2n) is 5.83. The number of fused-ring (bicyclic) bond motifs is 1. The van der Waals surface area contributed by atoms with Gasteiger partial charge in [-0.25, -0.2) is 0 Å². The zero-order valence-electron chi connectivity index (χ0n) is 13.5. The Labute approximate surface area is 146 Å². The Morgan fingerprint density at radius 1 is 0.920 bits per heavy atom. The number of aryl methyl sites for hydroxylation is 1. The van der Waals surface area contributed by atoms with Crippen molar-refractivity contribution in [3.8, 4) is 28.6 Å². The van der Waals surface area contributed by atoms with E-state index in [1.54, 1.807) is 6.07 Å². The molecule has 0 aliphatic heterocycles. The van der Waals surface area contributed by atoms with Crippen LogP contribution in [0.4, 0.5) is 0 Å². The maximum atomic E-state index is 10.2. The summed E-state index contributed by atoms with van der Waals surface area (Å²) in [6, 6.07) is 16.6. The van der Waals surface area contributed by atoms with Gasteiger partial charge in [0.2, 0.25) is 0 Å². The number of phenolic OH excluding ortho intramolecular Hbond substituents is 2. The summed E-state index contributed by atoms with van der Waals surface area (Å²) in [6.45, 7) is 1.87. The van der Waals surface area contributed by atoms with Crippen LogP contribution in [0.3, 0.4) is 0 Å². The lowest BCUT2D eigenvalue weighted by Crippen LogP contribution is -2.04. The number of phenols is 2. The molecule has 0 aliphatic rings. The number of rotatable bonds is 2. The first-order chi connectivity index (χ1) is 12.1. The number of hydrogen-bond acceptors (Lipinski definition) is 4. The van der Waals surface area contributed by atoms with Crippen LogP contribution >= 0.6 is 9.24 Å². The van der Waals surface area contributed by atoms with Crippen LogP contribution in [0.5, 0.6) is 11.5 Å².